The van der Waals surface area contributed by atoms with Crippen LogP contribution in [-0.4, -0.2) is 52.4 Å². The number of carbonyl (C=O) groups excluding carboxylic acids is 2. The number of nitrogens with zero attached hydrogens (tertiary/aromatic N) is 2. The second-order valence-electron chi connectivity index (χ2n) is 5.75. The Bertz CT molecular complexity index is 805. The Labute approximate surface area is 149 Å². The molecule has 0 aliphatic carbocycles. The predicted molar refractivity (Wildman–Crippen MR) is 90.9 cm³/mol. The molecule has 0 aromatic heterocycles. The van der Waals surface area contributed by atoms with Gasteiger partial charge in [0, 0.05) is 11.6 Å². The molecule has 8 heteroatoms. The average molecular weight is 362 g/mol. The number of aliphatic carboxylic acids is 1. The molecule has 2 aliphatic heterocycles. The van der Waals surface area contributed by atoms with Gasteiger partial charge in [0.05, 0.1) is 23.9 Å². The molecule has 0 bridgehead atoms. The fraction of sp³-hybridized carbons (Fsp3) is 0.235. The van der Waals surface area contributed by atoms with Gasteiger partial charge in [-0.1, -0.05) is 29.8 Å². The number of carbonyl (C=O) groups is 3. The molecule has 0 saturated heterocycles. The van der Waals surface area contributed by atoms with Gasteiger partial charge >= 0.3 is 12.0 Å². The van der Waals surface area contributed by atoms with Crippen molar-refractivity contribution in [3.8, 4) is 0 Å². The summed E-state index contributed by atoms with van der Waals surface area (Å²) in [5.41, 5.74) is 1.53. The molecule has 0 saturated carbocycles. The zero-order valence-corrected chi connectivity index (χ0v) is 14.0. The molecule has 130 valence electrons. The first-order valence-electron chi connectivity index (χ1n) is 7.61. The van der Waals surface area contributed by atoms with E-state index in [1.165, 1.54) is 9.80 Å². The molecule has 1 atom stereocenters. The molecule has 2 N–H and O–H groups in total. The third-order valence-corrected chi connectivity index (χ3v) is 4.35. The second kappa shape index (κ2) is 6.60. The minimum atomic E-state index is -1.11. The molecule has 7 nitrogen and oxygen atoms in total. The summed E-state index contributed by atoms with van der Waals surface area (Å²) in [5.74, 6) is -1.52. The van der Waals surface area contributed by atoms with Crippen LogP contribution in [0.5, 0.6) is 0 Å². The van der Waals surface area contributed by atoms with Crippen molar-refractivity contribution in [3.05, 3.63) is 58.8 Å². The van der Waals surface area contributed by atoms with Crippen LogP contribution in [0.15, 0.2) is 48.2 Å². The van der Waals surface area contributed by atoms with Crippen LogP contribution >= 0.6 is 11.6 Å². The lowest BCUT2D eigenvalue weighted by molar-refractivity contribution is -0.142. The number of benzene rings is 1. The van der Waals surface area contributed by atoms with Crippen molar-refractivity contribution >= 4 is 29.5 Å². The van der Waals surface area contributed by atoms with Gasteiger partial charge < -0.3 is 15.3 Å². The van der Waals surface area contributed by atoms with Gasteiger partial charge in [-0.05, 0) is 17.7 Å². The monoisotopic (exact) mass is 361 g/mol. The first-order valence-corrected chi connectivity index (χ1v) is 7.98. The summed E-state index contributed by atoms with van der Waals surface area (Å²) >= 11 is 6.03. The molecule has 1 aromatic carbocycles. The summed E-state index contributed by atoms with van der Waals surface area (Å²) in [7, 11) is 0. The summed E-state index contributed by atoms with van der Waals surface area (Å²) in [6.07, 6.45) is 1.55. The summed E-state index contributed by atoms with van der Waals surface area (Å²) in [4.78, 5) is 38.9. The van der Waals surface area contributed by atoms with Crippen LogP contribution in [0.25, 0.3) is 0 Å². The standard InChI is InChI=1S/C17H16ClN3O4/c1-2-6-21-12-8-20(9-13(22)23)16(24)14(12)15(19-17(21)25)10-4-3-5-11(18)7-10/h2-5,7,15H,1,6,8-9H2,(H,19,25)(H,22,23). The maximum Gasteiger partial charge on any atom is 0.323 e. The summed E-state index contributed by atoms with van der Waals surface area (Å²) in [5, 5.41) is 12.3. The molecule has 3 rings (SSSR count). The van der Waals surface area contributed by atoms with Crippen LogP contribution < -0.4 is 5.32 Å². The molecule has 0 fully saturated rings. The molecule has 1 aromatic rings. The van der Waals surface area contributed by atoms with Gasteiger partial charge in [0.15, 0.2) is 0 Å². The number of carboxylic acid groups (broad SMARTS) is 1. The SMILES string of the molecule is C=CCN1C(=O)NC(c2cccc(Cl)c2)C2=C1CN(CC(=O)O)C2=O. The first kappa shape index (κ1) is 17.0. The average Bonchev–Trinajstić information content (AvgIpc) is 2.86. The highest BCUT2D eigenvalue weighted by molar-refractivity contribution is 6.30. The number of amides is 3. The zero-order valence-electron chi connectivity index (χ0n) is 13.2. The van der Waals surface area contributed by atoms with E-state index in [0.717, 1.165) is 0 Å². The van der Waals surface area contributed by atoms with Crippen molar-refractivity contribution in [1.29, 1.82) is 0 Å². The Hall–Kier alpha value is -2.80. The van der Waals surface area contributed by atoms with E-state index in [9.17, 15) is 14.4 Å². The predicted octanol–water partition coefficient (Wildman–Crippen LogP) is 1.77. The number of nitrogens with one attached hydrogen (secondary N) is 1. The van der Waals surface area contributed by atoms with E-state index in [2.05, 4.69) is 11.9 Å². The minimum absolute atomic E-state index is 0.0682. The highest BCUT2D eigenvalue weighted by Crippen LogP contribution is 2.36. The van der Waals surface area contributed by atoms with Crippen molar-refractivity contribution in [2.75, 3.05) is 19.6 Å². The van der Waals surface area contributed by atoms with Gasteiger partial charge in [0.1, 0.15) is 6.54 Å². The number of halogens is 1. The van der Waals surface area contributed by atoms with Crippen molar-refractivity contribution in [2.24, 2.45) is 0 Å². The third kappa shape index (κ3) is 3.10. The number of carboxylic acids is 1. The van der Waals surface area contributed by atoms with Crippen LogP contribution in [0.1, 0.15) is 11.6 Å². The smallest absolute Gasteiger partial charge is 0.323 e. The van der Waals surface area contributed by atoms with Gasteiger partial charge in [0.2, 0.25) is 0 Å². The molecule has 2 heterocycles. The zero-order chi connectivity index (χ0) is 18.1. The minimum Gasteiger partial charge on any atom is -0.480 e. The fourth-order valence-corrected chi connectivity index (χ4v) is 3.30. The van der Waals surface area contributed by atoms with E-state index in [0.29, 0.717) is 21.9 Å². The molecular formula is C17H16ClN3O4. The van der Waals surface area contributed by atoms with Crippen LogP contribution in [0, 0.1) is 0 Å². The van der Waals surface area contributed by atoms with E-state index in [1.807, 2.05) is 0 Å². The lowest BCUT2D eigenvalue weighted by Gasteiger charge is -2.33. The maximum absolute atomic E-state index is 12.8. The van der Waals surface area contributed by atoms with E-state index < -0.39 is 24.5 Å². The lowest BCUT2D eigenvalue weighted by Crippen LogP contribution is -2.47. The Balaban J connectivity index is 2.06. The highest BCUT2D eigenvalue weighted by atomic mass is 35.5. The van der Waals surface area contributed by atoms with Crippen LogP contribution in [0.2, 0.25) is 5.02 Å². The van der Waals surface area contributed by atoms with Crippen molar-refractivity contribution in [2.45, 2.75) is 6.04 Å². The largest absolute Gasteiger partial charge is 0.480 e. The maximum atomic E-state index is 12.8. The van der Waals surface area contributed by atoms with Crippen molar-refractivity contribution in [3.63, 3.8) is 0 Å². The topological polar surface area (TPSA) is 90.0 Å². The Kier molecular flexibility index (Phi) is 4.50. The van der Waals surface area contributed by atoms with Crippen molar-refractivity contribution < 1.29 is 19.5 Å². The van der Waals surface area contributed by atoms with Gasteiger partial charge in [-0.15, -0.1) is 6.58 Å². The molecule has 0 spiro atoms. The normalized spacial score (nSPS) is 19.8. The highest BCUT2D eigenvalue weighted by Gasteiger charge is 2.44. The number of hydrogen-bond donors (Lipinski definition) is 2. The Morgan fingerprint density at radius 1 is 1.44 bits per heavy atom. The fourth-order valence-electron chi connectivity index (χ4n) is 3.10. The Morgan fingerprint density at radius 2 is 2.20 bits per heavy atom. The van der Waals surface area contributed by atoms with Gasteiger partial charge in [0.25, 0.3) is 5.91 Å². The molecule has 3 amide bonds. The van der Waals surface area contributed by atoms with Gasteiger partial charge in [-0.2, -0.15) is 0 Å². The molecular weight excluding hydrogens is 346 g/mol. The molecule has 25 heavy (non-hydrogen) atoms. The van der Waals surface area contributed by atoms with E-state index >= 15 is 0 Å². The number of rotatable bonds is 5. The van der Waals surface area contributed by atoms with E-state index in [4.69, 9.17) is 16.7 Å². The van der Waals surface area contributed by atoms with Crippen LogP contribution in [-0.2, 0) is 9.59 Å². The quantitative estimate of drug-likeness (QED) is 0.782. The van der Waals surface area contributed by atoms with Crippen molar-refractivity contribution in [1.82, 2.24) is 15.1 Å². The third-order valence-electron chi connectivity index (χ3n) is 4.12. The first-order chi connectivity index (χ1) is 11.9. The van der Waals surface area contributed by atoms with Gasteiger partial charge in [-0.25, -0.2) is 4.79 Å². The van der Waals surface area contributed by atoms with E-state index in [-0.39, 0.29) is 19.1 Å². The molecule has 1 unspecified atom stereocenters. The second-order valence-corrected chi connectivity index (χ2v) is 6.19. The molecule has 2 aliphatic rings. The molecule has 0 radical (unpaired) electrons. The van der Waals surface area contributed by atoms with E-state index in [1.54, 1.807) is 30.3 Å². The summed E-state index contributed by atoms with van der Waals surface area (Å²) < 4.78 is 0. The van der Waals surface area contributed by atoms with Crippen LogP contribution in [0.3, 0.4) is 0 Å². The number of hydrogen-bond acceptors (Lipinski definition) is 3. The summed E-state index contributed by atoms with van der Waals surface area (Å²) in [6, 6.07) is 5.82. The lowest BCUT2D eigenvalue weighted by atomic mass is 9.95. The van der Waals surface area contributed by atoms with Gasteiger partial charge in [-0.3, -0.25) is 14.5 Å². The van der Waals surface area contributed by atoms with Crippen LogP contribution in [0.4, 0.5) is 4.79 Å². The number of urea groups is 1. The Morgan fingerprint density at radius 3 is 2.84 bits per heavy atom. The summed E-state index contributed by atoms with van der Waals surface area (Å²) in [6.45, 7) is 3.49.